The van der Waals surface area contributed by atoms with Crippen molar-refractivity contribution in [3.05, 3.63) is 18.2 Å². The molecule has 0 saturated carbocycles. The van der Waals surface area contributed by atoms with Crippen molar-refractivity contribution in [2.45, 2.75) is 25.6 Å². The van der Waals surface area contributed by atoms with Gasteiger partial charge in [-0.3, -0.25) is 4.79 Å². The minimum Gasteiger partial charge on any atom is -0.390 e. The van der Waals surface area contributed by atoms with Crippen molar-refractivity contribution in [2.24, 2.45) is 0 Å². The number of hydrogen-bond donors (Lipinski definition) is 3. The number of H-pyrrole nitrogens is 1. The zero-order chi connectivity index (χ0) is 11.3. The molecule has 0 aromatic carbocycles. The first-order chi connectivity index (χ1) is 7.11. The number of aliphatic hydroxyl groups excluding tert-OH is 2. The van der Waals surface area contributed by atoms with Gasteiger partial charge in [0, 0.05) is 25.1 Å². The summed E-state index contributed by atoms with van der Waals surface area (Å²) in [6.07, 6.45) is 1.52. The number of imidazole rings is 1. The molecule has 1 aromatic heterocycles. The number of nitrogens with zero attached hydrogens (tertiary/aromatic N) is 1. The van der Waals surface area contributed by atoms with E-state index in [2.05, 4.69) is 9.97 Å². The predicted octanol–water partition coefficient (Wildman–Crippen LogP) is 0.474. The summed E-state index contributed by atoms with van der Waals surface area (Å²) in [6.45, 7) is 1.47. The molecule has 0 saturated heterocycles. The molecule has 0 radical (unpaired) electrons. The molecule has 84 valence electrons. The number of hydrogen-bond acceptors (Lipinski definition) is 5. The Morgan fingerprint density at radius 2 is 2.40 bits per heavy atom. The first-order valence-electron chi connectivity index (χ1n) is 4.60. The highest BCUT2D eigenvalue weighted by molar-refractivity contribution is 8.13. The number of carbonyl (C=O) groups is 1. The van der Waals surface area contributed by atoms with Crippen LogP contribution >= 0.6 is 11.8 Å². The molecule has 2 atom stereocenters. The molecule has 0 aliphatic carbocycles. The topological polar surface area (TPSA) is 86.2 Å². The quantitative estimate of drug-likeness (QED) is 0.684. The molecular weight excluding hydrogens is 216 g/mol. The van der Waals surface area contributed by atoms with E-state index in [0.717, 1.165) is 11.8 Å². The van der Waals surface area contributed by atoms with Crippen molar-refractivity contribution < 1.29 is 15.0 Å². The summed E-state index contributed by atoms with van der Waals surface area (Å²) < 4.78 is 0. The summed E-state index contributed by atoms with van der Waals surface area (Å²) in [4.78, 5) is 17.2. The van der Waals surface area contributed by atoms with E-state index in [-0.39, 0.29) is 5.12 Å². The van der Waals surface area contributed by atoms with E-state index in [1.54, 1.807) is 6.20 Å². The lowest BCUT2D eigenvalue weighted by Gasteiger charge is -2.14. The second kappa shape index (κ2) is 5.89. The Morgan fingerprint density at radius 1 is 1.67 bits per heavy atom. The fraction of sp³-hybridized carbons (Fsp3) is 0.556. The molecule has 0 bridgehead atoms. The van der Waals surface area contributed by atoms with Gasteiger partial charge in [0.15, 0.2) is 5.12 Å². The summed E-state index contributed by atoms with van der Waals surface area (Å²) >= 11 is 1.13. The Labute approximate surface area is 91.9 Å². The van der Waals surface area contributed by atoms with E-state index in [9.17, 15) is 15.0 Å². The highest BCUT2D eigenvalue weighted by Gasteiger charge is 2.20. The zero-order valence-corrected chi connectivity index (χ0v) is 9.20. The van der Waals surface area contributed by atoms with Gasteiger partial charge in [-0.05, 0) is 6.42 Å². The zero-order valence-electron chi connectivity index (χ0n) is 8.38. The Balaban J connectivity index is 2.33. The minimum atomic E-state index is -1.02. The van der Waals surface area contributed by atoms with Crippen LogP contribution in [0.25, 0.3) is 0 Å². The Hall–Kier alpha value is -0.850. The van der Waals surface area contributed by atoms with Crippen LogP contribution in [0.4, 0.5) is 0 Å². The molecule has 0 fully saturated rings. The first kappa shape index (κ1) is 12.2. The largest absolute Gasteiger partial charge is 0.390 e. The van der Waals surface area contributed by atoms with Crippen LogP contribution < -0.4 is 0 Å². The lowest BCUT2D eigenvalue weighted by atomic mass is 10.1. The summed E-state index contributed by atoms with van der Waals surface area (Å²) in [5, 5.41) is 19.2. The Morgan fingerprint density at radius 3 is 2.93 bits per heavy atom. The molecule has 0 aliphatic rings. The number of nitrogens with one attached hydrogen (secondary N) is 1. The van der Waals surface area contributed by atoms with Gasteiger partial charge in [-0.2, -0.15) is 0 Å². The molecule has 15 heavy (non-hydrogen) atoms. The molecule has 0 spiro atoms. The van der Waals surface area contributed by atoms with Gasteiger partial charge in [-0.25, -0.2) is 4.98 Å². The van der Waals surface area contributed by atoms with Crippen LogP contribution in [0, 0.1) is 0 Å². The lowest BCUT2D eigenvalue weighted by molar-refractivity contribution is -0.109. The minimum absolute atomic E-state index is 0.00897. The molecule has 6 heteroatoms. The molecule has 3 N–H and O–H groups in total. The van der Waals surface area contributed by atoms with Gasteiger partial charge in [0.1, 0.15) is 11.9 Å². The molecule has 2 unspecified atom stereocenters. The van der Waals surface area contributed by atoms with Crippen LogP contribution in [-0.4, -0.2) is 37.2 Å². The maximum absolute atomic E-state index is 10.6. The Kier molecular flexibility index (Phi) is 4.80. The van der Waals surface area contributed by atoms with E-state index in [1.165, 1.54) is 13.1 Å². The van der Waals surface area contributed by atoms with E-state index in [4.69, 9.17) is 0 Å². The van der Waals surface area contributed by atoms with E-state index < -0.39 is 12.2 Å². The Bertz CT molecular complexity index is 302. The van der Waals surface area contributed by atoms with Gasteiger partial charge in [-0.1, -0.05) is 11.8 Å². The van der Waals surface area contributed by atoms with Gasteiger partial charge in [0.05, 0.1) is 6.10 Å². The van der Waals surface area contributed by atoms with Crippen LogP contribution in [0.3, 0.4) is 0 Å². The molecular formula is C9H14N2O3S. The van der Waals surface area contributed by atoms with Gasteiger partial charge >= 0.3 is 0 Å². The number of aromatic nitrogens is 2. The van der Waals surface area contributed by atoms with Crippen LogP contribution in [0.2, 0.25) is 0 Å². The third kappa shape index (κ3) is 4.03. The molecule has 1 aromatic rings. The predicted molar refractivity (Wildman–Crippen MR) is 57.3 cm³/mol. The summed E-state index contributed by atoms with van der Waals surface area (Å²) in [6, 6.07) is 0. The molecule has 1 heterocycles. The van der Waals surface area contributed by atoms with Crippen molar-refractivity contribution in [3.8, 4) is 0 Å². The summed E-state index contributed by atoms with van der Waals surface area (Å²) in [5.41, 5.74) is 0. The van der Waals surface area contributed by atoms with Crippen molar-refractivity contribution >= 4 is 16.9 Å². The van der Waals surface area contributed by atoms with Crippen molar-refractivity contribution in [2.75, 3.05) is 5.75 Å². The van der Waals surface area contributed by atoms with Crippen LogP contribution in [0.15, 0.2) is 12.4 Å². The van der Waals surface area contributed by atoms with E-state index >= 15 is 0 Å². The number of aromatic amines is 1. The van der Waals surface area contributed by atoms with Crippen LogP contribution in [-0.2, 0) is 4.79 Å². The fourth-order valence-corrected chi connectivity index (χ4v) is 1.75. The van der Waals surface area contributed by atoms with Gasteiger partial charge in [0.25, 0.3) is 0 Å². The number of thioether (sulfide) groups is 1. The van der Waals surface area contributed by atoms with Crippen molar-refractivity contribution in [1.82, 2.24) is 9.97 Å². The molecule has 0 aliphatic heterocycles. The first-order valence-corrected chi connectivity index (χ1v) is 5.58. The third-order valence-corrected chi connectivity index (χ3v) is 2.73. The standard InChI is InChI=1S/C9H14N2O3S/c1-6(12)15-5-2-7(13)8(14)9-10-3-4-11-9/h3-4,7-8,13-14H,2,5H2,1H3,(H,10,11). The highest BCUT2D eigenvalue weighted by Crippen LogP contribution is 2.17. The monoisotopic (exact) mass is 230 g/mol. The molecule has 0 amide bonds. The van der Waals surface area contributed by atoms with Gasteiger partial charge in [0.2, 0.25) is 0 Å². The van der Waals surface area contributed by atoms with Crippen molar-refractivity contribution in [1.29, 1.82) is 0 Å². The number of rotatable bonds is 5. The maximum Gasteiger partial charge on any atom is 0.185 e. The van der Waals surface area contributed by atoms with E-state index in [1.807, 2.05) is 0 Å². The van der Waals surface area contributed by atoms with Crippen LogP contribution in [0.5, 0.6) is 0 Å². The normalized spacial score (nSPS) is 14.9. The average molecular weight is 230 g/mol. The third-order valence-electron chi connectivity index (χ3n) is 1.88. The maximum atomic E-state index is 10.6. The highest BCUT2D eigenvalue weighted by atomic mass is 32.2. The van der Waals surface area contributed by atoms with Crippen molar-refractivity contribution in [3.63, 3.8) is 0 Å². The molecule has 5 nitrogen and oxygen atoms in total. The van der Waals surface area contributed by atoms with Crippen LogP contribution in [0.1, 0.15) is 25.3 Å². The number of aliphatic hydroxyl groups is 2. The fourth-order valence-electron chi connectivity index (χ4n) is 1.10. The smallest absolute Gasteiger partial charge is 0.185 e. The van der Waals surface area contributed by atoms with Gasteiger partial charge in [-0.15, -0.1) is 0 Å². The second-order valence-corrected chi connectivity index (χ2v) is 4.39. The lowest BCUT2D eigenvalue weighted by Crippen LogP contribution is -2.20. The second-order valence-electron chi connectivity index (χ2n) is 3.12. The van der Waals surface area contributed by atoms with E-state index in [0.29, 0.717) is 18.0 Å². The average Bonchev–Trinajstić information content (AvgIpc) is 2.68. The SMILES string of the molecule is CC(=O)SCCC(O)C(O)c1ncc[nH]1. The summed E-state index contributed by atoms with van der Waals surface area (Å²) in [7, 11) is 0. The molecule has 1 rings (SSSR count). The summed E-state index contributed by atoms with van der Waals surface area (Å²) in [5.74, 6) is 0.837. The number of carbonyl (C=O) groups excluding carboxylic acids is 1. The van der Waals surface area contributed by atoms with Gasteiger partial charge < -0.3 is 15.2 Å².